The van der Waals surface area contributed by atoms with E-state index in [9.17, 15) is 8.78 Å². The maximum Gasteiger partial charge on any atom is 0.261 e. The van der Waals surface area contributed by atoms with Crippen LogP contribution in [0.25, 0.3) is 0 Å². The predicted molar refractivity (Wildman–Crippen MR) is 69.7 cm³/mol. The van der Waals surface area contributed by atoms with Gasteiger partial charge in [0.2, 0.25) is 0 Å². The van der Waals surface area contributed by atoms with Gasteiger partial charge in [-0.15, -0.1) is 0 Å². The maximum absolute atomic E-state index is 11.9. The van der Waals surface area contributed by atoms with Crippen molar-refractivity contribution in [2.24, 2.45) is 0 Å². The Bertz CT molecular complexity index is 377. The molecule has 2 nitrogen and oxygen atoms in total. The van der Waals surface area contributed by atoms with Gasteiger partial charge in [-0.05, 0) is 31.2 Å². The first-order valence-corrected chi connectivity index (χ1v) is 6.28. The lowest BCUT2D eigenvalue weighted by atomic mass is 10.0. The molecule has 1 aromatic carbocycles. The van der Waals surface area contributed by atoms with Gasteiger partial charge >= 0.3 is 0 Å². The van der Waals surface area contributed by atoms with Crippen LogP contribution in [-0.2, 0) is 4.74 Å². The van der Waals surface area contributed by atoms with Gasteiger partial charge in [-0.1, -0.05) is 29.3 Å². The highest BCUT2D eigenvalue weighted by Crippen LogP contribution is 2.27. The summed E-state index contributed by atoms with van der Waals surface area (Å²) in [6.45, 7) is -0.292. The lowest BCUT2D eigenvalue weighted by Gasteiger charge is -2.18. The van der Waals surface area contributed by atoms with Crippen LogP contribution in [0, 0.1) is 0 Å². The summed E-state index contributed by atoms with van der Waals surface area (Å²) in [4.78, 5) is 0. The highest BCUT2D eigenvalue weighted by atomic mass is 35.5. The Kier molecular flexibility index (Phi) is 6.86. The van der Waals surface area contributed by atoms with Crippen LogP contribution in [0.5, 0.6) is 0 Å². The van der Waals surface area contributed by atoms with E-state index in [0.29, 0.717) is 16.5 Å². The van der Waals surface area contributed by atoms with E-state index < -0.39 is 13.0 Å². The average molecular weight is 298 g/mol. The number of hydrogen-bond acceptors (Lipinski definition) is 2. The zero-order valence-electron chi connectivity index (χ0n) is 9.93. The lowest BCUT2D eigenvalue weighted by molar-refractivity contribution is 0.0145. The summed E-state index contributed by atoms with van der Waals surface area (Å²) in [6.07, 6.45) is -1.87. The Labute approximate surface area is 115 Å². The summed E-state index contributed by atoms with van der Waals surface area (Å²) in [6, 6.07) is 5.17. The molecule has 1 aromatic rings. The van der Waals surface area contributed by atoms with E-state index in [1.165, 1.54) is 0 Å². The van der Waals surface area contributed by atoms with Crippen molar-refractivity contribution in [1.82, 2.24) is 5.32 Å². The molecule has 0 aliphatic carbocycles. The minimum atomic E-state index is -2.43. The molecule has 102 valence electrons. The van der Waals surface area contributed by atoms with Gasteiger partial charge in [0, 0.05) is 22.7 Å². The fraction of sp³-hybridized carbons (Fsp3) is 0.500. The molecule has 0 aliphatic heterocycles. The van der Waals surface area contributed by atoms with Crippen molar-refractivity contribution in [2.75, 3.05) is 20.3 Å². The minimum absolute atomic E-state index is 0.0487. The summed E-state index contributed by atoms with van der Waals surface area (Å²) >= 11 is 11.9. The SMILES string of the molecule is CNC(CCOCC(F)F)c1ccc(Cl)cc1Cl. The van der Waals surface area contributed by atoms with Crippen molar-refractivity contribution in [3.05, 3.63) is 33.8 Å². The molecule has 18 heavy (non-hydrogen) atoms. The molecule has 0 aromatic heterocycles. The summed E-state index contributed by atoms with van der Waals surface area (Å²) in [7, 11) is 1.78. The van der Waals surface area contributed by atoms with Crippen LogP contribution in [0.2, 0.25) is 10.0 Å². The van der Waals surface area contributed by atoms with Gasteiger partial charge in [0.05, 0.1) is 0 Å². The van der Waals surface area contributed by atoms with Crippen molar-refractivity contribution < 1.29 is 13.5 Å². The second-order valence-corrected chi connectivity index (χ2v) is 4.61. The van der Waals surface area contributed by atoms with Gasteiger partial charge in [0.1, 0.15) is 6.61 Å². The number of ether oxygens (including phenoxy) is 1. The first-order chi connectivity index (χ1) is 8.54. The van der Waals surface area contributed by atoms with Gasteiger partial charge < -0.3 is 10.1 Å². The standard InChI is InChI=1S/C12H15Cl2F2NO/c1-17-11(4-5-18-7-12(15)16)9-3-2-8(13)6-10(9)14/h2-3,6,11-12,17H,4-5,7H2,1H3. The molecule has 1 atom stereocenters. The Balaban J connectivity index is 2.54. The van der Waals surface area contributed by atoms with Crippen molar-refractivity contribution in [2.45, 2.75) is 18.9 Å². The van der Waals surface area contributed by atoms with Crippen LogP contribution < -0.4 is 5.32 Å². The Hall–Kier alpha value is -0.420. The third kappa shape index (κ3) is 5.06. The smallest absolute Gasteiger partial charge is 0.261 e. The molecule has 0 bridgehead atoms. The average Bonchev–Trinajstić information content (AvgIpc) is 2.30. The number of hydrogen-bond donors (Lipinski definition) is 1. The summed E-state index contributed by atoms with van der Waals surface area (Å²) in [5.41, 5.74) is 0.879. The molecule has 1 unspecified atom stereocenters. The Morgan fingerprint density at radius 1 is 1.33 bits per heavy atom. The monoisotopic (exact) mass is 297 g/mol. The van der Waals surface area contributed by atoms with E-state index in [2.05, 4.69) is 5.32 Å². The first kappa shape index (κ1) is 15.6. The van der Waals surface area contributed by atoms with Crippen LogP contribution in [0.1, 0.15) is 18.0 Å². The van der Waals surface area contributed by atoms with Gasteiger partial charge in [-0.2, -0.15) is 0 Å². The number of benzene rings is 1. The summed E-state index contributed by atoms with van der Waals surface area (Å²) in [5.74, 6) is 0. The van der Waals surface area contributed by atoms with Crippen LogP contribution in [0.15, 0.2) is 18.2 Å². The normalized spacial score (nSPS) is 13.0. The molecule has 0 radical (unpaired) electrons. The van der Waals surface area contributed by atoms with Gasteiger partial charge in [-0.3, -0.25) is 0 Å². The van der Waals surface area contributed by atoms with E-state index in [-0.39, 0.29) is 12.6 Å². The molecule has 1 N–H and O–H groups in total. The third-order valence-corrected chi connectivity index (χ3v) is 3.04. The predicted octanol–water partition coefficient (Wildman–Crippen LogP) is 3.93. The zero-order valence-corrected chi connectivity index (χ0v) is 11.4. The van der Waals surface area contributed by atoms with Crippen LogP contribution >= 0.6 is 23.2 Å². The fourth-order valence-corrected chi connectivity index (χ4v) is 2.15. The Morgan fingerprint density at radius 3 is 2.61 bits per heavy atom. The molecular formula is C12H15Cl2F2NO. The highest BCUT2D eigenvalue weighted by Gasteiger charge is 2.13. The molecular weight excluding hydrogens is 283 g/mol. The summed E-state index contributed by atoms with van der Waals surface area (Å²) < 4.78 is 28.6. The van der Waals surface area contributed by atoms with Crippen LogP contribution in [-0.4, -0.2) is 26.7 Å². The zero-order chi connectivity index (χ0) is 13.5. The van der Waals surface area contributed by atoms with Crippen molar-refractivity contribution in [3.63, 3.8) is 0 Å². The molecule has 1 rings (SSSR count). The molecule has 0 aliphatic rings. The highest BCUT2D eigenvalue weighted by molar-refractivity contribution is 6.35. The number of rotatable bonds is 7. The summed E-state index contributed by atoms with van der Waals surface area (Å²) in [5, 5.41) is 4.19. The third-order valence-electron chi connectivity index (χ3n) is 2.48. The van der Waals surface area contributed by atoms with Crippen LogP contribution in [0.3, 0.4) is 0 Å². The quantitative estimate of drug-likeness (QED) is 0.770. The second-order valence-electron chi connectivity index (χ2n) is 3.76. The minimum Gasteiger partial charge on any atom is -0.375 e. The molecule has 0 saturated heterocycles. The van der Waals surface area contributed by atoms with E-state index in [1.807, 2.05) is 6.07 Å². The Morgan fingerprint density at radius 2 is 2.06 bits per heavy atom. The van der Waals surface area contributed by atoms with Crippen molar-refractivity contribution in [1.29, 1.82) is 0 Å². The first-order valence-electron chi connectivity index (χ1n) is 5.52. The largest absolute Gasteiger partial charge is 0.375 e. The van der Waals surface area contributed by atoms with E-state index >= 15 is 0 Å². The van der Waals surface area contributed by atoms with Gasteiger partial charge in [0.15, 0.2) is 0 Å². The van der Waals surface area contributed by atoms with Crippen molar-refractivity contribution in [3.8, 4) is 0 Å². The van der Waals surface area contributed by atoms with E-state index in [1.54, 1.807) is 19.2 Å². The van der Waals surface area contributed by atoms with Gasteiger partial charge in [-0.25, -0.2) is 8.78 Å². The maximum atomic E-state index is 11.9. The molecule has 0 saturated carbocycles. The number of halogens is 4. The topological polar surface area (TPSA) is 21.3 Å². The number of nitrogens with one attached hydrogen (secondary N) is 1. The molecule has 0 fully saturated rings. The second kappa shape index (κ2) is 7.89. The lowest BCUT2D eigenvalue weighted by Crippen LogP contribution is -2.19. The molecule has 0 heterocycles. The molecule has 6 heteroatoms. The van der Waals surface area contributed by atoms with Crippen molar-refractivity contribution >= 4 is 23.2 Å². The van der Waals surface area contributed by atoms with Gasteiger partial charge in [0.25, 0.3) is 6.43 Å². The number of alkyl halides is 2. The molecule has 0 amide bonds. The van der Waals surface area contributed by atoms with E-state index in [4.69, 9.17) is 27.9 Å². The molecule has 0 spiro atoms. The fourth-order valence-electron chi connectivity index (χ4n) is 1.61. The van der Waals surface area contributed by atoms with Crippen LogP contribution in [0.4, 0.5) is 8.78 Å². The van der Waals surface area contributed by atoms with E-state index in [0.717, 1.165) is 5.56 Å².